The van der Waals surface area contributed by atoms with Crippen molar-refractivity contribution in [2.24, 2.45) is 0 Å². The molecule has 3 aromatic carbocycles. The number of nitrogens with zero attached hydrogens (tertiary/aromatic N) is 3. The second kappa shape index (κ2) is 6.49. The van der Waals surface area contributed by atoms with Crippen molar-refractivity contribution >= 4 is 16.8 Å². The first-order chi connectivity index (χ1) is 14.8. The Hall–Kier alpha value is -4.06. The largest absolute Gasteiger partial charge is 0.497 e. The summed E-state index contributed by atoms with van der Waals surface area (Å²) >= 11 is 0. The van der Waals surface area contributed by atoms with E-state index in [-0.39, 0.29) is 6.79 Å². The van der Waals surface area contributed by atoms with Crippen LogP contribution in [-0.4, -0.2) is 28.3 Å². The van der Waals surface area contributed by atoms with E-state index < -0.39 is 0 Å². The fraction of sp³-hybridized carbons (Fsp3) is 0.0833. The van der Waals surface area contributed by atoms with Crippen LogP contribution in [0.4, 0.5) is 0 Å². The Labute approximate surface area is 172 Å². The van der Waals surface area contributed by atoms with Gasteiger partial charge in [0.15, 0.2) is 11.5 Å². The van der Waals surface area contributed by atoms with Crippen molar-refractivity contribution in [3.63, 3.8) is 0 Å². The van der Waals surface area contributed by atoms with Crippen LogP contribution in [-0.2, 0) is 0 Å². The summed E-state index contributed by atoms with van der Waals surface area (Å²) in [6.07, 6.45) is 0. The van der Waals surface area contributed by atoms with Crippen molar-refractivity contribution < 1.29 is 14.2 Å². The van der Waals surface area contributed by atoms with Gasteiger partial charge in [-0.3, -0.25) is 4.40 Å². The van der Waals surface area contributed by atoms with Crippen LogP contribution in [0.1, 0.15) is 0 Å². The molecule has 146 valence electrons. The molecule has 0 fully saturated rings. The lowest BCUT2D eigenvalue weighted by Crippen LogP contribution is -1.97. The van der Waals surface area contributed by atoms with Gasteiger partial charge in [-0.25, -0.2) is 9.97 Å². The summed E-state index contributed by atoms with van der Waals surface area (Å²) in [5, 5.41) is 0. The minimum atomic E-state index is 0.246. The Morgan fingerprint density at radius 1 is 0.833 bits per heavy atom. The average molecular weight is 395 g/mol. The highest BCUT2D eigenvalue weighted by Crippen LogP contribution is 2.37. The molecule has 0 bridgehead atoms. The third-order valence-electron chi connectivity index (χ3n) is 5.33. The van der Waals surface area contributed by atoms with E-state index in [1.807, 2.05) is 60.7 Å². The number of hydrogen-bond acceptors (Lipinski definition) is 5. The van der Waals surface area contributed by atoms with Gasteiger partial charge in [-0.05, 0) is 60.7 Å². The summed E-state index contributed by atoms with van der Waals surface area (Å²) in [6.45, 7) is 0.246. The number of fused-ring (bicyclic) bond motifs is 4. The van der Waals surface area contributed by atoms with Crippen LogP contribution in [0.25, 0.3) is 39.3 Å². The molecular weight excluding hydrogens is 378 g/mol. The number of aromatic nitrogens is 3. The zero-order valence-corrected chi connectivity index (χ0v) is 16.2. The Bertz CT molecular complexity index is 1410. The van der Waals surface area contributed by atoms with Crippen molar-refractivity contribution in [3.8, 4) is 39.8 Å². The second-order valence-corrected chi connectivity index (χ2v) is 7.06. The predicted octanol–water partition coefficient (Wildman–Crippen LogP) is 4.95. The first kappa shape index (κ1) is 16.9. The fourth-order valence-corrected chi connectivity index (χ4v) is 3.84. The van der Waals surface area contributed by atoms with Crippen molar-refractivity contribution in [2.45, 2.75) is 0 Å². The lowest BCUT2D eigenvalue weighted by Gasteiger charge is -2.11. The number of ether oxygens (including phenoxy) is 3. The molecule has 30 heavy (non-hydrogen) atoms. The van der Waals surface area contributed by atoms with Gasteiger partial charge in [0.05, 0.1) is 29.5 Å². The van der Waals surface area contributed by atoms with E-state index >= 15 is 0 Å². The summed E-state index contributed by atoms with van der Waals surface area (Å²) in [5.41, 5.74) is 5.73. The molecule has 0 N–H and O–H groups in total. The highest BCUT2D eigenvalue weighted by Gasteiger charge is 2.18. The molecule has 6 heteroatoms. The fourth-order valence-electron chi connectivity index (χ4n) is 3.84. The van der Waals surface area contributed by atoms with E-state index in [1.165, 1.54) is 0 Å². The molecule has 0 radical (unpaired) electrons. The zero-order valence-electron chi connectivity index (χ0n) is 16.2. The van der Waals surface area contributed by atoms with Gasteiger partial charge in [-0.1, -0.05) is 12.1 Å². The third-order valence-corrected chi connectivity index (χ3v) is 5.33. The van der Waals surface area contributed by atoms with E-state index in [1.54, 1.807) is 7.11 Å². The van der Waals surface area contributed by atoms with Crippen LogP contribution < -0.4 is 14.2 Å². The molecule has 1 aliphatic rings. The molecule has 0 saturated carbocycles. The number of para-hydroxylation sites is 2. The standard InChI is InChI=1S/C24H17N3O3/c1-28-17-9-6-15(7-10-17)19-13-21(16-8-11-22-23(12-16)30-14-29-22)27-20-5-3-2-4-18(20)25-24(27)26-19/h2-13H,14H2,1H3. The maximum atomic E-state index is 5.61. The highest BCUT2D eigenvalue weighted by atomic mass is 16.7. The van der Waals surface area contributed by atoms with Gasteiger partial charge in [-0.2, -0.15) is 0 Å². The minimum Gasteiger partial charge on any atom is -0.497 e. The molecule has 0 amide bonds. The van der Waals surface area contributed by atoms with Gasteiger partial charge in [0, 0.05) is 11.1 Å². The van der Waals surface area contributed by atoms with E-state index in [0.717, 1.165) is 50.8 Å². The number of imidazole rings is 1. The highest BCUT2D eigenvalue weighted by molar-refractivity contribution is 5.84. The Kier molecular flexibility index (Phi) is 3.64. The molecule has 0 saturated heterocycles. The van der Waals surface area contributed by atoms with Gasteiger partial charge < -0.3 is 14.2 Å². The van der Waals surface area contributed by atoms with E-state index in [9.17, 15) is 0 Å². The molecule has 0 aliphatic carbocycles. The summed E-state index contributed by atoms with van der Waals surface area (Å²) < 4.78 is 18.5. The van der Waals surface area contributed by atoms with Crippen LogP contribution in [0.5, 0.6) is 17.2 Å². The monoisotopic (exact) mass is 395 g/mol. The van der Waals surface area contributed by atoms with E-state index in [2.05, 4.69) is 16.5 Å². The smallest absolute Gasteiger partial charge is 0.235 e. The van der Waals surface area contributed by atoms with Crippen molar-refractivity contribution in [3.05, 3.63) is 72.8 Å². The topological polar surface area (TPSA) is 57.9 Å². The Morgan fingerprint density at radius 2 is 1.63 bits per heavy atom. The van der Waals surface area contributed by atoms with Gasteiger partial charge in [0.25, 0.3) is 0 Å². The Morgan fingerprint density at radius 3 is 2.50 bits per heavy atom. The van der Waals surface area contributed by atoms with Crippen LogP contribution in [0.3, 0.4) is 0 Å². The molecule has 0 unspecified atom stereocenters. The molecule has 1 aliphatic heterocycles. The van der Waals surface area contributed by atoms with Crippen LogP contribution in [0.15, 0.2) is 72.8 Å². The third kappa shape index (κ3) is 2.58. The first-order valence-electron chi connectivity index (χ1n) is 9.63. The quantitative estimate of drug-likeness (QED) is 0.432. The van der Waals surface area contributed by atoms with Crippen LogP contribution in [0.2, 0.25) is 0 Å². The minimum absolute atomic E-state index is 0.246. The normalized spacial score (nSPS) is 12.6. The zero-order chi connectivity index (χ0) is 20.1. The molecule has 0 spiro atoms. The van der Waals surface area contributed by atoms with Crippen molar-refractivity contribution in [2.75, 3.05) is 13.9 Å². The molecular formula is C24H17N3O3. The molecule has 2 aromatic heterocycles. The first-order valence-corrected chi connectivity index (χ1v) is 9.63. The summed E-state index contributed by atoms with van der Waals surface area (Å²) in [7, 11) is 1.66. The van der Waals surface area contributed by atoms with E-state index in [4.69, 9.17) is 24.2 Å². The van der Waals surface area contributed by atoms with Gasteiger partial charge in [0.1, 0.15) is 5.75 Å². The average Bonchev–Trinajstić information content (AvgIpc) is 3.42. The number of benzene rings is 3. The maximum absolute atomic E-state index is 5.61. The lowest BCUT2D eigenvalue weighted by atomic mass is 10.1. The van der Waals surface area contributed by atoms with Gasteiger partial charge in [-0.15, -0.1) is 0 Å². The summed E-state index contributed by atoms with van der Waals surface area (Å²) in [6, 6.07) is 24.0. The van der Waals surface area contributed by atoms with E-state index in [0.29, 0.717) is 5.78 Å². The number of rotatable bonds is 3. The van der Waals surface area contributed by atoms with Crippen LogP contribution >= 0.6 is 0 Å². The Balaban J connectivity index is 1.63. The number of methoxy groups -OCH3 is 1. The predicted molar refractivity (Wildman–Crippen MR) is 114 cm³/mol. The van der Waals surface area contributed by atoms with Gasteiger partial charge in [0.2, 0.25) is 12.6 Å². The molecule has 6 nitrogen and oxygen atoms in total. The molecule has 3 heterocycles. The second-order valence-electron chi connectivity index (χ2n) is 7.06. The molecule has 6 rings (SSSR count). The lowest BCUT2D eigenvalue weighted by molar-refractivity contribution is 0.174. The maximum Gasteiger partial charge on any atom is 0.235 e. The molecule has 0 atom stereocenters. The van der Waals surface area contributed by atoms with Crippen molar-refractivity contribution in [1.29, 1.82) is 0 Å². The van der Waals surface area contributed by atoms with Gasteiger partial charge >= 0.3 is 0 Å². The number of hydrogen-bond donors (Lipinski definition) is 0. The summed E-state index contributed by atoms with van der Waals surface area (Å²) in [4.78, 5) is 9.62. The van der Waals surface area contributed by atoms with Crippen molar-refractivity contribution in [1.82, 2.24) is 14.4 Å². The SMILES string of the molecule is COc1ccc(-c2cc(-c3ccc4c(c3)OCO4)n3c(n2)nc2ccccc23)cc1. The summed E-state index contributed by atoms with van der Waals surface area (Å²) in [5.74, 6) is 2.96. The van der Waals surface area contributed by atoms with Crippen LogP contribution in [0, 0.1) is 0 Å². The molecule has 5 aromatic rings.